The van der Waals surface area contributed by atoms with E-state index in [0.717, 1.165) is 25.7 Å². The van der Waals surface area contributed by atoms with Crippen LogP contribution in [0.3, 0.4) is 0 Å². The van der Waals surface area contributed by atoms with Crippen molar-refractivity contribution < 1.29 is 14.3 Å². The van der Waals surface area contributed by atoms with Crippen molar-refractivity contribution in [3.05, 3.63) is 24.3 Å². The molecular formula is C31H46O3. The number of rotatable bonds is 2. The van der Waals surface area contributed by atoms with Gasteiger partial charge in [0.15, 0.2) is 5.78 Å². The molecule has 0 aromatic heterocycles. The molecular weight excluding hydrogens is 420 g/mol. The number of esters is 1. The second-order valence-electron chi connectivity index (χ2n) is 14.2. The number of ketones is 1. The SMILES string of the molecule is C=C(C)[C@@H]1CC[C@]2(C)CC[C@]3(C)[C@H](CC[C@@H]4[C@@]5(C)C=CC(=O)C(C)(C)[C@@H]5CC[C@]43C(=O)OC)[C@@H]12. The Kier molecular flexibility index (Phi) is 5.24. The Hall–Kier alpha value is -1.38. The molecule has 0 N–H and O–H groups in total. The minimum absolute atomic E-state index is 0.0148. The minimum Gasteiger partial charge on any atom is -0.469 e. The van der Waals surface area contributed by atoms with Crippen LogP contribution in [-0.2, 0) is 14.3 Å². The van der Waals surface area contributed by atoms with E-state index in [1.807, 2.05) is 6.08 Å². The van der Waals surface area contributed by atoms with Crippen molar-refractivity contribution in [2.75, 3.05) is 7.11 Å². The fraction of sp³-hybridized carbons (Fsp3) is 0.806. The maximum absolute atomic E-state index is 14.1. The lowest BCUT2D eigenvalue weighted by atomic mass is 9.32. The molecule has 0 aliphatic heterocycles. The third-order valence-corrected chi connectivity index (χ3v) is 12.7. The number of methoxy groups -OCH3 is 1. The van der Waals surface area contributed by atoms with Gasteiger partial charge in [-0.25, -0.2) is 0 Å². The van der Waals surface area contributed by atoms with E-state index in [1.165, 1.54) is 31.3 Å². The van der Waals surface area contributed by atoms with Gasteiger partial charge in [-0.2, -0.15) is 0 Å². The molecule has 0 heterocycles. The second kappa shape index (κ2) is 7.32. The molecule has 3 heteroatoms. The summed E-state index contributed by atoms with van der Waals surface area (Å²) in [5, 5.41) is 0. The predicted molar refractivity (Wildman–Crippen MR) is 136 cm³/mol. The largest absolute Gasteiger partial charge is 0.469 e. The molecule has 4 saturated carbocycles. The summed E-state index contributed by atoms with van der Waals surface area (Å²) in [4.78, 5) is 27.0. The lowest BCUT2D eigenvalue weighted by Gasteiger charge is -2.70. The molecule has 0 saturated heterocycles. The van der Waals surface area contributed by atoms with Crippen LogP contribution in [0.15, 0.2) is 24.3 Å². The van der Waals surface area contributed by atoms with E-state index in [-0.39, 0.29) is 39.8 Å². The summed E-state index contributed by atoms with van der Waals surface area (Å²) in [6.45, 7) is 18.2. The summed E-state index contributed by atoms with van der Waals surface area (Å²) >= 11 is 0. The molecule has 34 heavy (non-hydrogen) atoms. The van der Waals surface area contributed by atoms with Crippen LogP contribution in [0.2, 0.25) is 0 Å². The zero-order chi connectivity index (χ0) is 24.9. The number of hydrogen-bond donors (Lipinski definition) is 0. The van der Waals surface area contributed by atoms with Crippen LogP contribution in [0.4, 0.5) is 0 Å². The number of carbonyl (C=O) groups excluding carboxylic acids is 2. The van der Waals surface area contributed by atoms with Gasteiger partial charge in [0.1, 0.15) is 0 Å². The quantitative estimate of drug-likeness (QED) is 0.320. The first-order valence-corrected chi connectivity index (χ1v) is 13.8. The van der Waals surface area contributed by atoms with Crippen molar-refractivity contribution >= 4 is 11.8 Å². The fourth-order valence-corrected chi connectivity index (χ4v) is 11.0. The zero-order valence-corrected chi connectivity index (χ0v) is 22.6. The molecule has 0 aromatic rings. The smallest absolute Gasteiger partial charge is 0.312 e. The lowest BCUT2D eigenvalue weighted by Crippen LogP contribution is -2.69. The molecule has 188 valence electrons. The van der Waals surface area contributed by atoms with Crippen LogP contribution < -0.4 is 0 Å². The molecule has 0 amide bonds. The van der Waals surface area contributed by atoms with Crippen LogP contribution in [0.1, 0.15) is 92.9 Å². The molecule has 5 aliphatic rings. The predicted octanol–water partition coefficient (Wildman–Crippen LogP) is 7.16. The summed E-state index contributed by atoms with van der Waals surface area (Å²) < 4.78 is 5.73. The van der Waals surface area contributed by atoms with Crippen LogP contribution in [0.5, 0.6) is 0 Å². The topological polar surface area (TPSA) is 43.4 Å². The summed E-state index contributed by atoms with van der Waals surface area (Å²) in [6, 6.07) is 0. The van der Waals surface area contributed by atoms with Crippen molar-refractivity contribution in [2.45, 2.75) is 92.9 Å². The average molecular weight is 467 g/mol. The molecule has 5 rings (SSSR count). The Balaban J connectivity index is 1.66. The molecule has 0 bridgehead atoms. The van der Waals surface area contributed by atoms with Crippen LogP contribution in [0.25, 0.3) is 0 Å². The summed E-state index contributed by atoms with van der Waals surface area (Å²) in [6.07, 6.45) is 12.9. The van der Waals surface area contributed by atoms with Crippen LogP contribution >= 0.6 is 0 Å². The highest BCUT2D eigenvalue weighted by Gasteiger charge is 2.74. The number of allylic oxidation sites excluding steroid dienone is 3. The average Bonchev–Trinajstić information content (AvgIpc) is 3.14. The van der Waals surface area contributed by atoms with E-state index >= 15 is 0 Å². The maximum atomic E-state index is 14.1. The van der Waals surface area contributed by atoms with Gasteiger partial charge in [0.05, 0.1) is 12.5 Å². The number of fused-ring (bicyclic) bond motifs is 7. The van der Waals surface area contributed by atoms with Gasteiger partial charge in [0.25, 0.3) is 0 Å². The molecule has 0 unspecified atom stereocenters. The van der Waals surface area contributed by atoms with Crippen molar-refractivity contribution in [3.8, 4) is 0 Å². The first-order valence-electron chi connectivity index (χ1n) is 13.8. The highest BCUT2D eigenvalue weighted by molar-refractivity contribution is 5.96. The summed E-state index contributed by atoms with van der Waals surface area (Å²) in [5.41, 5.74) is 0.572. The Labute approximate surface area is 207 Å². The van der Waals surface area contributed by atoms with Crippen molar-refractivity contribution in [2.24, 2.45) is 56.7 Å². The number of ether oxygens (including phenoxy) is 1. The van der Waals surface area contributed by atoms with E-state index in [2.05, 4.69) is 54.2 Å². The van der Waals surface area contributed by atoms with Gasteiger partial charge in [0.2, 0.25) is 0 Å². The van der Waals surface area contributed by atoms with Crippen molar-refractivity contribution in [1.29, 1.82) is 0 Å². The van der Waals surface area contributed by atoms with Gasteiger partial charge in [-0.05, 0) is 110 Å². The fourth-order valence-electron chi connectivity index (χ4n) is 11.0. The Morgan fingerprint density at radius 1 is 0.971 bits per heavy atom. The first-order chi connectivity index (χ1) is 15.8. The van der Waals surface area contributed by atoms with E-state index < -0.39 is 5.41 Å². The molecule has 9 atom stereocenters. The van der Waals surface area contributed by atoms with Gasteiger partial charge in [-0.3, -0.25) is 9.59 Å². The highest BCUT2D eigenvalue weighted by Crippen LogP contribution is 2.77. The van der Waals surface area contributed by atoms with Gasteiger partial charge < -0.3 is 4.74 Å². The van der Waals surface area contributed by atoms with Gasteiger partial charge >= 0.3 is 5.97 Å². The van der Waals surface area contributed by atoms with Crippen LogP contribution in [0, 0.1) is 56.7 Å². The lowest BCUT2D eigenvalue weighted by molar-refractivity contribution is -0.234. The Morgan fingerprint density at radius 3 is 2.32 bits per heavy atom. The van der Waals surface area contributed by atoms with Crippen LogP contribution in [-0.4, -0.2) is 18.9 Å². The molecule has 0 spiro atoms. The first kappa shape index (κ1) is 24.3. The van der Waals surface area contributed by atoms with Crippen molar-refractivity contribution in [1.82, 2.24) is 0 Å². The third kappa shape index (κ3) is 2.71. The standard InChI is InChI=1S/C31H46O3/c1-19(2)20-11-14-28(5)17-18-30(7)21(25(20)28)9-10-23-29(6)15-13-24(32)27(3,4)22(29)12-16-31(23,30)26(33)34-8/h13,15,20-23,25H,1,9-12,14,16-18H2,2-8H3/t20-,21+,22-,23+,25+,28+,29-,30+,31+/m0/s1. The van der Waals surface area contributed by atoms with Crippen molar-refractivity contribution in [3.63, 3.8) is 0 Å². The second-order valence-corrected chi connectivity index (χ2v) is 14.2. The van der Waals surface area contributed by atoms with E-state index in [4.69, 9.17) is 4.74 Å². The Morgan fingerprint density at radius 2 is 1.68 bits per heavy atom. The minimum atomic E-state index is -0.486. The van der Waals surface area contributed by atoms with Gasteiger partial charge in [-0.1, -0.05) is 52.8 Å². The Bertz CT molecular complexity index is 960. The summed E-state index contributed by atoms with van der Waals surface area (Å²) in [7, 11) is 1.60. The highest BCUT2D eigenvalue weighted by atomic mass is 16.5. The van der Waals surface area contributed by atoms with E-state index in [0.29, 0.717) is 23.2 Å². The van der Waals surface area contributed by atoms with Gasteiger partial charge in [0, 0.05) is 5.41 Å². The normalized spacial score (nSPS) is 51.0. The number of carbonyl (C=O) groups is 2. The zero-order valence-electron chi connectivity index (χ0n) is 22.6. The van der Waals surface area contributed by atoms with E-state index in [9.17, 15) is 9.59 Å². The third-order valence-electron chi connectivity index (χ3n) is 12.7. The maximum Gasteiger partial charge on any atom is 0.312 e. The molecule has 0 aromatic carbocycles. The molecule has 5 aliphatic carbocycles. The molecule has 0 radical (unpaired) electrons. The summed E-state index contributed by atoms with van der Waals surface area (Å²) in [5.74, 6) is 2.43. The van der Waals surface area contributed by atoms with Gasteiger partial charge in [-0.15, -0.1) is 0 Å². The monoisotopic (exact) mass is 466 g/mol. The molecule has 4 fully saturated rings. The van der Waals surface area contributed by atoms with E-state index in [1.54, 1.807) is 7.11 Å². The molecule has 3 nitrogen and oxygen atoms in total. The number of hydrogen-bond acceptors (Lipinski definition) is 3.